The highest BCUT2D eigenvalue weighted by Crippen LogP contribution is 2.31. The van der Waals surface area contributed by atoms with E-state index in [4.69, 9.17) is 16.3 Å². The second-order valence-corrected chi connectivity index (χ2v) is 8.36. The Morgan fingerprint density at radius 2 is 1.86 bits per heavy atom. The Bertz CT molecular complexity index is 1030. The van der Waals surface area contributed by atoms with Crippen molar-refractivity contribution in [3.8, 4) is 16.3 Å². The van der Waals surface area contributed by atoms with Crippen molar-refractivity contribution >= 4 is 34.5 Å². The fraction of sp³-hybridized carbons (Fsp3) is 0.273. The van der Waals surface area contributed by atoms with Crippen molar-refractivity contribution in [2.24, 2.45) is 0 Å². The first-order chi connectivity index (χ1) is 14.0. The number of hydrogen-bond donors (Lipinski definition) is 0. The highest BCUT2D eigenvalue weighted by Gasteiger charge is 2.26. The highest BCUT2D eigenvalue weighted by atomic mass is 35.5. The number of halogens is 1. The summed E-state index contributed by atoms with van der Waals surface area (Å²) >= 11 is 7.53. The molecule has 0 bridgehead atoms. The highest BCUT2D eigenvalue weighted by molar-refractivity contribution is 7.17. The minimum Gasteiger partial charge on any atom is -0.497 e. The number of carbonyl (C=O) groups excluding carboxylic acids is 1. The molecule has 0 unspecified atom stereocenters. The van der Waals surface area contributed by atoms with E-state index in [2.05, 4.69) is 16.0 Å². The molecule has 4 rings (SSSR count). The predicted molar refractivity (Wildman–Crippen MR) is 118 cm³/mol. The molecule has 1 aliphatic heterocycles. The van der Waals surface area contributed by atoms with Crippen molar-refractivity contribution in [1.82, 2.24) is 9.88 Å². The van der Waals surface area contributed by atoms with E-state index in [1.807, 2.05) is 54.3 Å². The molecule has 0 aliphatic carbocycles. The van der Waals surface area contributed by atoms with Gasteiger partial charge in [-0.3, -0.25) is 4.79 Å². The third-order valence-corrected chi connectivity index (χ3v) is 6.48. The molecular formula is C22H22ClN3O2S. The smallest absolute Gasteiger partial charge is 0.265 e. The van der Waals surface area contributed by atoms with Crippen molar-refractivity contribution in [2.75, 3.05) is 38.2 Å². The number of benzene rings is 2. The summed E-state index contributed by atoms with van der Waals surface area (Å²) in [5, 5.41) is 1.49. The van der Waals surface area contributed by atoms with Crippen LogP contribution in [0.3, 0.4) is 0 Å². The summed E-state index contributed by atoms with van der Waals surface area (Å²) in [5.74, 6) is 0.897. The minimum atomic E-state index is 0.0542. The Labute approximate surface area is 179 Å². The number of anilines is 1. The van der Waals surface area contributed by atoms with E-state index in [0.29, 0.717) is 23.0 Å². The Morgan fingerprint density at radius 1 is 1.10 bits per heavy atom. The number of nitrogens with zero attached hydrogens (tertiary/aromatic N) is 3. The first kappa shape index (κ1) is 19.7. The molecular weight excluding hydrogens is 406 g/mol. The summed E-state index contributed by atoms with van der Waals surface area (Å²) in [5.41, 5.74) is 2.83. The molecule has 2 heterocycles. The minimum absolute atomic E-state index is 0.0542. The van der Waals surface area contributed by atoms with E-state index in [1.54, 1.807) is 7.11 Å². The quantitative estimate of drug-likeness (QED) is 0.603. The van der Waals surface area contributed by atoms with Gasteiger partial charge in [-0.1, -0.05) is 29.8 Å². The van der Waals surface area contributed by atoms with Crippen molar-refractivity contribution in [2.45, 2.75) is 6.92 Å². The van der Waals surface area contributed by atoms with Crippen molar-refractivity contribution in [3.63, 3.8) is 0 Å². The summed E-state index contributed by atoms with van der Waals surface area (Å²) in [4.78, 5) is 22.6. The SMILES string of the molecule is COc1cccc(N2CCN(C(=O)c3sc(-c4cccc(Cl)c4)nc3C)CC2)c1. The second kappa shape index (κ2) is 8.43. The van der Waals surface area contributed by atoms with E-state index >= 15 is 0 Å². The zero-order valence-corrected chi connectivity index (χ0v) is 18.0. The zero-order chi connectivity index (χ0) is 20.4. The van der Waals surface area contributed by atoms with Crippen LogP contribution < -0.4 is 9.64 Å². The van der Waals surface area contributed by atoms with Crippen LogP contribution in [0.1, 0.15) is 15.4 Å². The number of hydrogen-bond acceptors (Lipinski definition) is 5. The summed E-state index contributed by atoms with van der Waals surface area (Å²) in [6.45, 7) is 4.83. The molecule has 3 aromatic rings. The molecule has 1 saturated heterocycles. The summed E-state index contributed by atoms with van der Waals surface area (Å²) in [6, 6.07) is 15.6. The molecule has 0 radical (unpaired) electrons. The maximum absolute atomic E-state index is 13.1. The molecule has 0 saturated carbocycles. The third-order valence-electron chi connectivity index (χ3n) is 5.05. The van der Waals surface area contributed by atoms with Gasteiger partial charge in [-0.15, -0.1) is 11.3 Å². The van der Waals surface area contributed by atoms with E-state index in [1.165, 1.54) is 11.3 Å². The number of aryl methyl sites for hydroxylation is 1. The van der Waals surface area contributed by atoms with Gasteiger partial charge in [-0.05, 0) is 31.2 Å². The second-order valence-electron chi connectivity index (χ2n) is 6.92. The average Bonchev–Trinajstić information content (AvgIpc) is 3.15. The van der Waals surface area contributed by atoms with Gasteiger partial charge in [0.05, 0.1) is 12.8 Å². The van der Waals surface area contributed by atoms with Gasteiger partial charge in [-0.2, -0.15) is 0 Å². The summed E-state index contributed by atoms with van der Waals surface area (Å²) in [7, 11) is 1.67. The van der Waals surface area contributed by atoms with Crippen molar-refractivity contribution in [3.05, 3.63) is 64.1 Å². The Balaban J connectivity index is 1.46. The number of carbonyl (C=O) groups is 1. The van der Waals surface area contributed by atoms with Crippen molar-refractivity contribution < 1.29 is 9.53 Å². The zero-order valence-electron chi connectivity index (χ0n) is 16.4. The van der Waals surface area contributed by atoms with Gasteiger partial charge in [-0.25, -0.2) is 4.98 Å². The van der Waals surface area contributed by atoms with Crippen LogP contribution in [0, 0.1) is 6.92 Å². The number of thiazole rings is 1. The molecule has 1 amide bonds. The maximum Gasteiger partial charge on any atom is 0.265 e. The average molecular weight is 428 g/mol. The molecule has 150 valence electrons. The fourth-order valence-corrected chi connectivity index (χ4v) is 4.68. The largest absolute Gasteiger partial charge is 0.497 e. The lowest BCUT2D eigenvalue weighted by molar-refractivity contribution is 0.0750. The van der Waals surface area contributed by atoms with E-state index in [-0.39, 0.29) is 5.91 Å². The number of rotatable bonds is 4. The standard InChI is InChI=1S/C22H22ClN3O2S/c1-15-20(29-21(24-15)16-5-3-6-17(23)13-16)22(27)26-11-9-25(10-12-26)18-7-4-8-19(14-18)28-2/h3-8,13-14H,9-12H2,1-2H3. The van der Waals surface area contributed by atoms with Gasteiger partial charge in [0.15, 0.2) is 0 Å². The molecule has 5 nitrogen and oxygen atoms in total. The van der Waals surface area contributed by atoms with Crippen LogP contribution in [0.4, 0.5) is 5.69 Å². The van der Waals surface area contributed by atoms with Crippen molar-refractivity contribution in [1.29, 1.82) is 0 Å². The van der Waals surface area contributed by atoms with E-state index < -0.39 is 0 Å². The maximum atomic E-state index is 13.1. The monoisotopic (exact) mass is 427 g/mol. The number of ether oxygens (including phenoxy) is 1. The van der Waals surface area contributed by atoms with Crippen LogP contribution >= 0.6 is 22.9 Å². The fourth-order valence-electron chi connectivity index (χ4n) is 3.46. The van der Waals surface area contributed by atoms with Gasteiger partial charge in [0.25, 0.3) is 5.91 Å². The van der Waals surface area contributed by atoms with Gasteiger partial charge >= 0.3 is 0 Å². The number of aromatic nitrogens is 1. The number of amides is 1. The van der Waals surface area contributed by atoms with Gasteiger partial charge in [0.2, 0.25) is 0 Å². The molecule has 1 aromatic heterocycles. The molecule has 29 heavy (non-hydrogen) atoms. The van der Waals surface area contributed by atoms with Gasteiger partial charge < -0.3 is 14.5 Å². The van der Waals surface area contributed by atoms with Crippen LogP contribution in [-0.4, -0.2) is 49.1 Å². The lowest BCUT2D eigenvalue weighted by Crippen LogP contribution is -2.48. The molecule has 2 aromatic carbocycles. The summed E-state index contributed by atoms with van der Waals surface area (Å²) in [6.07, 6.45) is 0. The van der Waals surface area contributed by atoms with Gasteiger partial charge in [0.1, 0.15) is 15.6 Å². The Hall–Kier alpha value is -2.57. The topological polar surface area (TPSA) is 45.7 Å². The lowest BCUT2D eigenvalue weighted by atomic mass is 10.2. The number of methoxy groups -OCH3 is 1. The predicted octanol–water partition coefficient (Wildman–Crippen LogP) is 4.74. The van der Waals surface area contributed by atoms with Crippen LogP contribution in [-0.2, 0) is 0 Å². The van der Waals surface area contributed by atoms with E-state index in [9.17, 15) is 4.79 Å². The van der Waals surface area contributed by atoms with Crippen LogP contribution in [0.2, 0.25) is 5.02 Å². The Morgan fingerprint density at radius 3 is 2.59 bits per heavy atom. The van der Waals surface area contributed by atoms with Crippen LogP contribution in [0.15, 0.2) is 48.5 Å². The third kappa shape index (κ3) is 4.23. The van der Waals surface area contributed by atoms with Crippen LogP contribution in [0.25, 0.3) is 10.6 Å². The van der Waals surface area contributed by atoms with E-state index in [0.717, 1.165) is 40.8 Å². The molecule has 0 N–H and O–H groups in total. The molecule has 0 atom stereocenters. The lowest BCUT2D eigenvalue weighted by Gasteiger charge is -2.36. The molecule has 1 aliphatic rings. The molecule has 7 heteroatoms. The number of piperazine rings is 1. The first-order valence-electron chi connectivity index (χ1n) is 9.47. The molecule has 0 spiro atoms. The normalized spacial score (nSPS) is 14.2. The molecule has 1 fully saturated rings. The first-order valence-corrected chi connectivity index (χ1v) is 10.7. The Kier molecular flexibility index (Phi) is 5.74. The van der Waals surface area contributed by atoms with Crippen LogP contribution in [0.5, 0.6) is 5.75 Å². The van der Waals surface area contributed by atoms with Gasteiger partial charge in [0, 0.05) is 48.5 Å². The summed E-state index contributed by atoms with van der Waals surface area (Å²) < 4.78 is 5.32.